The summed E-state index contributed by atoms with van der Waals surface area (Å²) in [4.78, 5) is 0. The molecular formula is C14H30N4OSi. The normalized spacial score (nSPS) is 24.6. The molecule has 0 radical (unpaired) electrons. The van der Waals surface area contributed by atoms with Gasteiger partial charge in [0.1, 0.15) is 0 Å². The molecular weight excluding hydrogens is 268 g/mol. The minimum atomic E-state index is -1.69. The molecule has 0 saturated carbocycles. The maximum atomic E-state index is 6.46. The number of hydrogen-bond donors (Lipinski definition) is 3. The van der Waals surface area contributed by atoms with Crippen LogP contribution in [0.25, 0.3) is 0 Å². The van der Waals surface area contributed by atoms with Gasteiger partial charge >= 0.3 is 0 Å². The summed E-state index contributed by atoms with van der Waals surface area (Å²) < 4.78 is 6.46. The highest BCUT2D eigenvalue weighted by Crippen LogP contribution is 2.38. The zero-order valence-corrected chi connectivity index (χ0v) is 14.7. The molecule has 1 unspecified atom stereocenters. The standard InChI is InChI=1S/C14H30N4OSi/c1-14(2,3)20(6,7)19-11-8-12(17-9-11)13(15-4)10-18-16-5/h10-12,15,17-18H,5,8-9H2,1-4,6-7H3/b13-10-/t11?,12-/m1/s1. The monoisotopic (exact) mass is 298 g/mol. The van der Waals surface area contributed by atoms with Gasteiger partial charge in [-0.15, -0.1) is 0 Å². The first-order valence-corrected chi connectivity index (χ1v) is 10.1. The molecule has 0 bridgehead atoms. The molecule has 20 heavy (non-hydrogen) atoms. The molecule has 1 saturated heterocycles. The zero-order valence-electron chi connectivity index (χ0n) is 13.7. The van der Waals surface area contributed by atoms with Crippen LogP contribution < -0.4 is 16.1 Å². The van der Waals surface area contributed by atoms with Crippen molar-refractivity contribution in [1.82, 2.24) is 16.1 Å². The zero-order chi connectivity index (χ0) is 15.4. The summed E-state index contributed by atoms with van der Waals surface area (Å²) in [7, 11) is 0.223. The third-order valence-electron chi connectivity index (χ3n) is 4.33. The lowest BCUT2D eigenvalue weighted by Gasteiger charge is -2.38. The Morgan fingerprint density at radius 3 is 2.60 bits per heavy atom. The lowest BCUT2D eigenvalue weighted by Crippen LogP contribution is -2.44. The van der Waals surface area contributed by atoms with Crippen LogP contribution in [-0.4, -0.2) is 40.8 Å². The van der Waals surface area contributed by atoms with Crippen LogP contribution in [-0.2, 0) is 4.43 Å². The Morgan fingerprint density at radius 1 is 1.45 bits per heavy atom. The van der Waals surface area contributed by atoms with E-state index in [1.807, 2.05) is 13.2 Å². The van der Waals surface area contributed by atoms with Gasteiger partial charge in [-0.3, -0.25) is 5.43 Å². The van der Waals surface area contributed by atoms with E-state index in [2.05, 4.69) is 61.7 Å². The summed E-state index contributed by atoms with van der Waals surface area (Å²) in [5, 5.41) is 10.6. The number of rotatable bonds is 6. The van der Waals surface area contributed by atoms with Gasteiger partial charge in [-0.05, 0) is 24.6 Å². The lowest BCUT2D eigenvalue weighted by atomic mass is 10.1. The molecule has 0 aromatic rings. The first-order valence-electron chi connectivity index (χ1n) is 7.21. The topological polar surface area (TPSA) is 57.7 Å². The average molecular weight is 299 g/mol. The van der Waals surface area contributed by atoms with E-state index in [0.29, 0.717) is 0 Å². The maximum Gasteiger partial charge on any atom is 0.192 e. The van der Waals surface area contributed by atoms with Gasteiger partial charge in [0.2, 0.25) is 0 Å². The van der Waals surface area contributed by atoms with E-state index in [1.54, 1.807) is 0 Å². The van der Waals surface area contributed by atoms with E-state index >= 15 is 0 Å². The average Bonchev–Trinajstić information content (AvgIpc) is 2.76. The second-order valence-electron chi connectivity index (χ2n) is 6.83. The van der Waals surface area contributed by atoms with Crippen molar-refractivity contribution >= 4 is 15.0 Å². The fourth-order valence-electron chi connectivity index (χ4n) is 2.09. The van der Waals surface area contributed by atoms with Gasteiger partial charge < -0.3 is 15.1 Å². The number of hydrazone groups is 1. The quantitative estimate of drug-likeness (QED) is 0.399. The summed E-state index contributed by atoms with van der Waals surface area (Å²) in [6, 6.07) is 0.281. The van der Waals surface area contributed by atoms with Gasteiger partial charge in [0.05, 0.1) is 12.1 Å². The third-order valence-corrected chi connectivity index (χ3v) is 8.87. The van der Waals surface area contributed by atoms with E-state index in [-0.39, 0.29) is 17.2 Å². The molecule has 1 rings (SSSR count). The summed E-state index contributed by atoms with van der Waals surface area (Å²) in [6.07, 6.45) is 3.12. The SMILES string of the molecule is C=NN/C=C(\NC)[C@H]1CC(O[Si](C)(C)C(C)(C)C)CN1. The second-order valence-corrected chi connectivity index (χ2v) is 11.6. The molecule has 3 N–H and O–H groups in total. The van der Waals surface area contributed by atoms with Crippen molar-refractivity contribution in [1.29, 1.82) is 0 Å². The Bertz CT molecular complexity index is 363. The lowest BCUT2D eigenvalue weighted by molar-refractivity contribution is 0.198. The molecule has 0 aromatic heterocycles. The van der Waals surface area contributed by atoms with Crippen LogP contribution in [0, 0.1) is 0 Å². The number of hydrogen-bond acceptors (Lipinski definition) is 5. The summed E-state index contributed by atoms with van der Waals surface area (Å²) >= 11 is 0. The first-order chi connectivity index (χ1) is 9.21. The van der Waals surface area contributed by atoms with Gasteiger partial charge in [-0.2, -0.15) is 5.10 Å². The van der Waals surface area contributed by atoms with Crippen LogP contribution in [0.4, 0.5) is 0 Å². The summed E-state index contributed by atoms with van der Waals surface area (Å²) in [5.74, 6) is 0. The van der Waals surface area contributed by atoms with Crippen molar-refractivity contribution in [2.75, 3.05) is 13.6 Å². The van der Waals surface area contributed by atoms with Gasteiger partial charge in [0.15, 0.2) is 8.32 Å². The Kier molecular flexibility index (Phi) is 5.79. The van der Waals surface area contributed by atoms with Gasteiger partial charge in [0, 0.05) is 32.2 Å². The van der Waals surface area contributed by atoms with Crippen molar-refractivity contribution < 1.29 is 4.43 Å². The van der Waals surface area contributed by atoms with Crippen LogP contribution in [0.5, 0.6) is 0 Å². The minimum absolute atomic E-state index is 0.251. The highest BCUT2D eigenvalue weighted by Gasteiger charge is 2.41. The molecule has 0 aliphatic carbocycles. The molecule has 1 fully saturated rings. The number of nitrogens with zero attached hydrogens (tertiary/aromatic N) is 1. The molecule has 2 atom stereocenters. The molecule has 0 aromatic carbocycles. The molecule has 116 valence electrons. The number of nitrogens with one attached hydrogen (secondary N) is 3. The van der Waals surface area contributed by atoms with Crippen LogP contribution in [0.15, 0.2) is 17.0 Å². The van der Waals surface area contributed by atoms with Crippen molar-refractivity contribution in [3.05, 3.63) is 11.9 Å². The highest BCUT2D eigenvalue weighted by molar-refractivity contribution is 6.74. The van der Waals surface area contributed by atoms with Crippen molar-refractivity contribution in [3.8, 4) is 0 Å². The fraction of sp³-hybridized carbons (Fsp3) is 0.786. The maximum absolute atomic E-state index is 6.46. The molecule has 0 amide bonds. The summed E-state index contributed by atoms with van der Waals surface area (Å²) in [6.45, 7) is 15.7. The molecule has 1 aliphatic rings. The molecule has 6 heteroatoms. The van der Waals surface area contributed by atoms with Crippen LogP contribution >= 0.6 is 0 Å². The van der Waals surface area contributed by atoms with E-state index in [0.717, 1.165) is 18.7 Å². The summed E-state index contributed by atoms with van der Waals surface area (Å²) in [5.41, 5.74) is 3.86. The second kappa shape index (κ2) is 6.73. The Morgan fingerprint density at radius 2 is 2.10 bits per heavy atom. The molecule has 5 nitrogen and oxygen atoms in total. The smallest absolute Gasteiger partial charge is 0.192 e. The molecule has 1 aliphatic heterocycles. The highest BCUT2D eigenvalue weighted by atomic mass is 28.4. The van der Waals surface area contributed by atoms with E-state index in [1.165, 1.54) is 0 Å². The van der Waals surface area contributed by atoms with Crippen LogP contribution in [0.3, 0.4) is 0 Å². The first kappa shape index (κ1) is 17.2. The van der Waals surface area contributed by atoms with Crippen LogP contribution in [0.2, 0.25) is 18.1 Å². The van der Waals surface area contributed by atoms with Gasteiger partial charge in [-0.25, -0.2) is 0 Å². The predicted octanol–water partition coefficient (Wildman–Crippen LogP) is 2.00. The fourth-order valence-corrected chi connectivity index (χ4v) is 3.45. The van der Waals surface area contributed by atoms with Crippen molar-refractivity contribution in [3.63, 3.8) is 0 Å². The number of likely N-dealkylation sites (N-methyl/N-ethyl adjacent to an activating group) is 1. The van der Waals surface area contributed by atoms with Crippen molar-refractivity contribution in [2.45, 2.75) is 57.5 Å². The Labute approximate surface area is 124 Å². The molecule has 0 spiro atoms. The minimum Gasteiger partial charge on any atom is -0.413 e. The van der Waals surface area contributed by atoms with Crippen LogP contribution in [0.1, 0.15) is 27.2 Å². The van der Waals surface area contributed by atoms with E-state index < -0.39 is 8.32 Å². The van der Waals surface area contributed by atoms with Gasteiger partial charge in [0.25, 0.3) is 0 Å². The largest absolute Gasteiger partial charge is 0.413 e. The predicted molar refractivity (Wildman–Crippen MR) is 88.3 cm³/mol. The molecule has 1 heterocycles. The Hall–Kier alpha value is -0.853. The Balaban J connectivity index is 2.61. The van der Waals surface area contributed by atoms with Gasteiger partial charge in [-0.1, -0.05) is 20.8 Å². The van der Waals surface area contributed by atoms with E-state index in [4.69, 9.17) is 4.43 Å². The third kappa shape index (κ3) is 4.33. The van der Waals surface area contributed by atoms with Crippen molar-refractivity contribution in [2.24, 2.45) is 5.10 Å². The van der Waals surface area contributed by atoms with E-state index in [9.17, 15) is 0 Å².